The molecule has 0 unspecified atom stereocenters. The quantitative estimate of drug-likeness (QED) is 0.378. The molecule has 2 aliphatic heterocycles. The normalized spacial score (nSPS) is 18.9. The number of halogens is 2. The van der Waals surface area contributed by atoms with Gasteiger partial charge in [-0.3, -0.25) is 4.79 Å². The number of imidazole rings is 1. The summed E-state index contributed by atoms with van der Waals surface area (Å²) in [7, 11) is -0.869. The number of ether oxygens (including phenoxy) is 1. The summed E-state index contributed by atoms with van der Waals surface area (Å²) in [5.74, 6) is 0.441. The molecule has 1 amide bonds. The number of hydrogen-bond acceptors (Lipinski definition) is 6. The van der Waals surface area contributed by atoms with Crippen molar-refractivity contribution in [3.05, 3.63) is 65.7 Å². The van der Waals surface area contributed by atoms with Gasteiger partial charge in [0.15, 0.2) is 5.57 Å². The Balaban J connectivity index is 1.53. The molecular weight excluding hydrogens is 487 g/mol. The van der Waals surface area contributed by atoms with E-state index in [-0.39, 0.29) is 17.7 Å². The highest BCUT2D eigenvalue weighted by molar-refractivity contribution is 7.69. The first kappa shape index (κ1) is 22.8. The lowest BCUT2D eigenvalue weighted by molar-refractivity contribution is -0.0507. The molecule has 2 bridgehead atoms. The summed E-state index contributed by atoms with van der Waals surface area (Å²) in [6, 6.07) is 9.70. The van der Waals surface area contributed by atoms with Crippen molar-refractivity contribution in [2.75, 3.05) is 20.4 Å². The van der Waals surface area contributed by atoms with Crippen molar-refractivity contribution in [3.63, 3.8) is 0 Å². The van der Waals surface area contributed by atoms with E-state index in [9.17, 15) is 18.1 Å². The molecule has 11 heteroatoms. The maximum Gasteiger partial charge on any atom is 0.387 e. The number of nitrogens with zero attached hydrogens (tertiary/aromatic N) is 5. The van der Waals surface area contributed by atoms with Crippen LogP contribution in [0.3, 0.4) is 0 Å². The number of carbonyl (C=O) groups is 1. The third-order valence-electron chi connectivity index (χ3n) is 6.86. The highest BCUT2D eigenvalue weighted by Gasteiger charge is 2.45. The van der Waals surface area contributed by atoms with Crippen molar-refractivity contribution in [2.24, 2.45) is 0 Å². The van der Waals surface area contributed by atoms with Crippen LogP contribution in [0, 0.1) is 0 Å². The molecule has 2 aromatic carbocycles. The first-order valence-electron chi connectivity index (χ1n) is 11.4. The van der Waals surface area contributed by atoms with Crippen LogP contribution in [0.15, 0.2) is 48.8 Å². The third-order valence-corrected chi connectivity index (χ3v) is 8.05. The van der Waals surface area contributed by atoms with Gasteiger partial charge in [-0.15, -0.1) is 0 Å². The summed E-state index contributed by atoms with van der Waals surface area (Å²) in [5.41, 5.74) is 4.21. The van der Waals surface area contributed by atoms with E-state index >= 15 is 0 Å². The minimum atomic E-state index is -3.01. The third kappa shape index (κ3) is 3.43. The van der Waals surface area contributed by atoms with Gasteiger partial charge in [-0.2, -0.15) is 8.78 Å². The Morgan fingerprint density at radius 1 is 1.08 bits per heavy atom. The van der Waals surface area contributed by atoms with Crippen molar-refractivity contribution >= 4 is 29.6 Å². The van der Waals surface area contributed by atoms with Crippen LogP contribution in [0.1, 0.15) is 40.3 Å². The zero-order chi connectivity index (χ0) is 25.4. The Morgan fingerprint density at radius 2 is 1.83 bits per heavy atom. The Kier molecular flexibility index (Phi) is 5.02. The molecule has 2 atom stereocenters. The van der Waals surface area contributed by atoms with Gasteiger partial charge in [0.1, 0.15) is 18.7 Å². The van der Waals surface area contributed by atoms with Crippen molar-refractivity contribution in [3.8, 4) is 16.9 Å². The molecular formula is C25H22F2N5O3P. The lowest BCUT2D eigenvalue weighted by Gasteiger charge is -2.24. The van der Waals surface area contributed by atoms with E-state index in [1.54, 1.807) is 49.8 Å². The Bertz CT molecular complexity index is 1580. The van der Waals surface area contributed by atoms with Crippen LogP contribution in [-0.2, 0) is 4.57 Å². The van der Waals surface area contributed by atoms with Crippen LogP contribution < -0.4 is 10.3 Å². The second kappa shape index (κ2) is 7.93. The van der Waals surface area contributed by atoms with E-state index in [0.717, 1.165) is 22.2 Å². The average Bonchev–Trinajstić information content (AvgIpc) is 3.36. The van der Waals surface area contributed by atoms with Crippen molar-refractivity contribution in [2.45, 2.75) is 25.1 Å². The second-order valence-corrected chi connectivity index (χ2v) is 12.5. The Labute approximate surface area is 205 Å². The molecule has 0 saturated heterocycles. The molecule has 0 spiro atoms. The predicted molar refractivity (Wildman–Crippen MR) is 131 cm³/mol. The maximum absolute atomic E-state index is 13.3. The topological polar surface area (TPSA) is 90.2 Å². The van der Waals surface area contributed by atoms with E-state index in [0.29, 0.717) is 28.9 Å². The fraction of sp³-hybridized carbons (Fsp3) is 0.280. The molecule has 36 heavy (non-hydrogen) atoms. The molecule has 6 rings (SSSR count). The van der Waals surface area contributed by atoms with E-state index in [1.807, 2.05) is 22.8 Å². The van der Waals surface area contributed by atoms with Crippen LogP contribution >= 0.6 is 7.14 Å². The number of alkyl halides is 2. The second-order valence-electron chi connectivity index (χ2n) is 9.45. The van der Waals surface area contributed by atoms with Crippen LogP contribution in [0.2, 0.25) is 0 Å². The minimum absolute atomic E-state index is 0.00620. The van der Waals surface area contributed by atoms with Gasteiger partial charge in [-0.25, -0.2) is 15.0 Å². The number of carbonyl (C=O) groups excluding carboxylic acids is 1. The lowest BCUT2D eigenvalue weighted by atomic mass is 9.97. The number of aromatic nitrogens is 4. The Morgan fingerprint density at radius 3 is 2.53 bits per heavy atom. The molecule has 2 aromatic heterocycles. The standard InChI is InChI=1S/C25H22F2N5O3P/c1-31-19-10-18(21-15(23(31)33)5-4-6-20(21)35-24(26)27)32-17-9-13(7-8-16(17)30-22(19)32)14-11-28-25(29-12-14)36(2,3)34/h4-9,11-12,18-19,24H,10H2,1-3H3/t18-,19-/m1/s1. The molecule has 0 aliphatic carbocycles. The number of fused-ring (bicyclic) bond motifs is 9. The molecule has 0 saturated carbocycles. The fourth-order valence-electron chi connectivity index (χ4n) is 5.21. The number of rotatable bonds is 4. The van der Waals surface area contributed by atoms with Gasteiger partial charge >= 0.3 is 6.61 Å². The smallest absolute Gasteiger partial charge is 0.387 e. The zero-order valence-corrected chi connectivity index (χ0v) is 20.6. The van der Waals surface area contributed by atoms with Crippen LogP contribution in [0.25, 0.3) is 22.2 Å². The zero-order valence-electron chi connectivity index (χ0n) is 19.7. The van der Waals surface area contributed by atoms with Crippen molar-refractivity contribution in [1.82, 2.24) is 24.4 Å². The fourth-order valence-corrected chi connectivity index (χ4v) is 5.88. The van der Waals surface area contributed by atoms with Gasteiger partial charge < -0.3 is 18.8 Å². The summed E-state index contributed by atoms with van der Waals surface area (Å²) in [4.78, 5) is 28.3. The van der Waals surface area contributed by atoms with Gasteiger partial charge in [0.2, 0.25) is 0 Å². The number of benzene rings is 2. The summed E-state index contributed by atoms with van der Waals surface area (Å²) >= 11 is 0. The van der Waals surface area contributed by atoms with E-state index in [4.69, 9.17) is 9.72 Å². The van der Waals surface area contributed by atoms with Crippen LogP contribution in [0.4, 0.5) is 8.78 Å². The highest BCUT2D eigenvalue weighted by Crippen LogP contribution is 2.50. The molecule has 8 nitrogen and oxygen atoms in total. The van der Waals surface area contributed by atoms with Gasteiger partial charge in [0.25, 0.3) is 5.91 Å². The molecule has 0 N–H and O–H groups in total. The van der Waals surface area contributed by atoms with Gasteiger partial charge in [-0.1, -0.05) is 12.1 Å². The monoisotopic (exact) mass is 509 g/mol. The lowest BCUT2D eigenvalue weighted by Crippen LogP contribution is -2.30. The molecule has 184 valence electrons. The summed E-state index contributed by atoms with van der Waals surface area (Å²) < 4.78 is 45.7. The average molecular weight is 509 g/mol. The highest BCUT2D eigenvalue weighted by atomic mass is 31.2. The molecule has 2 aliphatic rings. The van der Waals surface area contributed by atoms with E-state index in [1.165, 1.54) is 6.07 Å². The molecule has 0 radical (unpaired) electrons. The molecule has 0 fully saturated rings. The summed E-state index contributed by atoms with van der Waals surface area (Å²) in [6.07, 6.45) is 3.79. The molecule has 4 aromatic rings. The van der Waals surface area contributed by atoms with Gasteiger partial charge in [0, 0.05) is 42.6 Å². The van der Waals surface area contributed by atoms with E-state index < -0.39 is 19.8 Å². The van der Waals surface area contributed by atoms with Crippen LogP contribution in [0.5, 0.6) is 5.75 Å². The maximum atomic E-state index is 13.3. The predicted octanol–water partition coefficient (Wildman–Crippen LogP) is 4.46. The summed E-state index contributed by atoms with van der Waals surface area (Å²) in [5, 5.41) is 0. The summed E-state index contributed by atoms with van der Waals surface area (Å²) in [6.45, 7) is 0.228. The van der Waals surface area contributed by atoms with Gasteiger partial charge in [-0.05, 0) is 43.2 Å². The molecule has 4 heterocycles. The van der Waals surface area contributed by atoms with E-state index in [2.05, 4.69) is 9.97 Å². The van der Waals surface area contributed by atoms with Crippen molar-refractivity contribution in [1.29, 1.82) is 0 Å². The minimum Gasteiger partial charge on any atom is -0.434 e. The largest absolute Gasteiger partial charge is 0.434 e. The van der Waals surface area contributed by atoms with Gasteiger partial charge in [0.05, 0.1) is 23.1 Å². The van der Waals surface area contributed by atoms with Crippen molar-refractivity contribution < 1.29 is 22.9 Å². The number of amides is 1. The SMILES string of the molecule is CN1C(=O)c2cccc(OC(F)F)c2[C@H]2C[C@@H]1c1nc3ccc(-c4cnc(P(C)(C)=O)nc4)cc3n12. The van der Waals surface area contributed by atoms with Crippen LogP contribution in [-0.4, -0.2) is 57.3 Å². The Hall–Kier alpha value is -3.65. The first-order valence-corrected chi connectivity index (χ1v) is 14.0. The first-order chi connectivity index (χ1) is 17.1. The number of hydrogen-bond donors (Lipinski definition) is 0.